The fraction of sp³-hybridized carbons (Fsp3) is 0.455. The van der Waals surface area contributed by atoms with E-state index >= 15 is 0 Å². The van der Waals surface area contributed by atoms with Gasteiger partial charge in [0.05, 0.1) is 19.0 Å². The maximum atomic E-state index is 13.0. The number of benzene rings is 1. The number of hydrogen-bond acceptors (Lipinski definition) is 9. The molecule has 3 aromatic rings. The molecule has 4 rings (SSSR count). The molecule has 3 atom stereocenters. The van der Waals surface area contributed by atoms with Crippen molar-refractivity contribution in [3.63, 3.8) is 0 Å². The summed E-state index contributed by atoms with van der Waals surface area (Å²) in [6, 6.07) is 6.71. The number of aliphatic hydroxyl groups is 2. The summed E-state index contributed by atoms with van der Waals surface area (Å²) in [6.45, 7) is 0.855. The van der Waals surface area contributed by atoms with E-state index in [9.17, 15) is 15.0 Å². The molecular formula is C22H29N7O4. The number of anilines is 1. The van der Waals surface area contributed by atoms with Crippen LogP contribution in [0.4, 0.5) is 5.82 Å². The highest BCUT2D eigenvalue weighted by Crippen LogP contribution is 2.34. The van der Waals surface area contributed by atoms with Crippen molar-refractivity contribution in [3.05, 3.63) is 42.5 Å². The van der Waals surface area contributed by atoms with Gasteiger partial charge in [-0.25, -0.2) is 15.0 Å². The van der Waals surface area contributed by atoms with Crippen molar-refractivity contribution >= 4 is 22.9 Å². The van der Waals surface area contributed by atoms with Crippen LogP contribution in [0.15, 0.2) is 36.9 Å². The van der Waals surface area contributed by atoms with Gasteiger partial charge in [-0.3, -0.25) is 4.79 Å². The van der Waals surface area contributed by atoms with Crippen LogP contribution in [-0.2, 0) is 6.54 Å². The highest BCUT2D eigenvalue weighted by atomic mass is 16.5. The standard InChI is InChI=1S/C22H29N7O4/c1-28(21(31)14-3-2-4-16(9-14)33-8-7-23)15-5-6-22(32,17(30)10-15)11-29-13-27-18-19(24)25-12-26-20(18)29/h2-4,9,12-13,15,17,30,32H,5-8,10-11,23H2,1H3,(H2,24,25,26)/t15-,17+,22+/m0/s1. The van der Waals surface area contributed by atoms with E-state index in [1.165, 1.54) is 12.7 Å². The zero-order chi connectivity index (χ0) is 23.6. The van der Waals surface area contributed by atoms with Crippen molar-refractivity contribution in [1.29, 1.82) is 0 Å². The first kappa shape index (κ1) is 22.9. The van der Waals surface area contributed by atoms with Gasteiger partial charge in [0.15, 0.2) is 11.5 Å². The number of nitrogen functional groups attached to an aromatic ring is 1. The molecule has 0 bridgehead atoms. The summed E-state index contributed by atoms with van der Waals surface area (Å²) in [5.41, 5.74) is 11.4. The number of carbonyl (C=O) groups excluding carboxylic acids is 1. The Bertz CT molecular complexity index is 1140. The minimum atomic E-state index is -1.39. The molecule has 1 aliphatic carbocycles. The molecule has 1 aromatic carbocycles. The van der Waals surface area contributed by atoms with Gasteiger partial charge in [0.2, 0.25) is 0 Å². The molecule has 11 nitrogen and oxygen atoms in total. The van der Waals surface area contributed by atoms with Crippen molar-refractivity contribution in [1.82, 2.24) is 24.4 Å². The highest BCUT2D eigenvalue weighted by molar-refractivity contribution is 5.94. The Morgan fingerprint density at radius 3 is 2.94 bits per heavy atom. The number of carbonyl (C=O) groups is 1. The Hall–Kier alpha value is -3.28. The van der Waals surface area contributed by atoms with E-state index in [-0.39, 0.29) is 30.7 Å². The molecule has 1 fully saturated rings. The van der Waals surface area contributed by atoms with Gasteiger partial charge in [0, 0.05) is 25.2 Å². The van der Waals surface area contributed by atoms with Gasteiger partial charge < -0.3 is 35.9 Å². The maximum absolute atomic E-state index is 13.0. The normalized spacial score (nSPS) is 22.9. The van der Waals surface area contributed by atoms with Crippen LogP contribution in [0.5, 0.6) is 5.75 Å². The van der Waals surface area contributed by atoms with Crippen LogP contribution in [0, 0.1) is 0 Å². The molecule has 2 aromatic heterocycles. The van der Waals surface area contributed by atoms with Gasteiger partial charge in [-0.05, 0) is 37.5 Å². The molecule has 6 N–H and O–H groups in total. The van der Waals surface area contributed by atoms with Crippen molar-refractivity contribution in [2.24, 2.45) is 5.73 Å². The molecule has 1 aliphatic rings. The largest absolute Gasteiger partial charge is 0.492 e. The molecule has 176 valence electrons. The van der Waals surface area contributed by atoms with Crippen molar-refractivity contribution in [2.45, 2.75) is 43.6 Å². The van der Waals surface area contributed by atoms with Crippen molar-refractivity contribution < 1.29 is 19.7 Å². The van der Waals surface area contributed by atoms with Crippen LogP contribution in [0.1, 0.15) is 29.6 Å². The smallest absolute Gasteiger partial charge is 0.253 e. The zero-order valence-electron chi connectivity index (χ0n) is 18.5. The number of nitrogens with zero attached hydrogens (tertiary/aromatic N) is 5. The van der Waals surface area contributed by atoms with Crippen LogP contribution in [0.2, 0.25) is 0 Å². The Kier molecular flexibility index (Phi) is 6.45. The highest BCUT2D eigenvalue weighted by Gasteiger charge is 2.43. The summed E-state index contributed by atoms with van der Waals surface area (Å²) >= 11 is 0. The number of aromatic nitrogens is 4. The predicted molar refractivity (Wildman–Crippen MR) is 121 cm³/mol. The Morgan fingerprint density at radius 2 is 2.18 bits per heavy atom. The Labute approximate surface area is 191 Å². The van der Waals surface area contributed by atoms with E-state index in [0.717, 1.165) is 0 Å². The zero-order valence-corrected chi connectivity index (χ0v) is 18.5. The van der Waals surface area contributed by atoms with E-state index < -0.39 is 11.7 Å². The molecule has 33 heavy (non-hydrogen) atoms. The van der Waals surface area contributed by atoms with Gasteiger partial charge in [0.1, 0.15) is 29.8 Å². The van der Waals surface area contributed by atoms with Crippen LogP contribution >= 0.6 is 0 Å². The molecule has 1 saturated carbocycles. The monoisotopic (exact) mass is 455 g/mol. The second-order valence-electron chi connectivity index (χ2n) is 8.43. The molecule has 1 amide bonds. The number of aliphatic hydroxyl groups excluding tert-OH is 1. The summed E-state index contributed by atoms with van der Waals surface area (Å²) in [5, 5.41) is 22.1. The first-order valence-electron chi connectivity index (χ1n) is 10.8. The number of ether oxygens (including phenoxy) is 1. The Morgan fingerprint density at radius 1 is 1.36 bits per heavy atom. The lowest BCUT2D eigenvalue weighted by Crippen LogP contribution is -2.54. The number of hydrogen-bond donors (Lipinski definition) is 4. The minimum absolute atomic E-state index is 0.103. The van der Waals surface area contributed by atoms with Crippen molar-refractivity contribution in [3.8, 4) is 5.75 Å². The van der Waals surface area contributed by atoms with E-state index in [4.69, 9.17) is 16.2 Å². The first-order chi connectivity index (χ1) is 15.8. The topological polar surface area (TPSA) is 166 Å². The van der Waals surface area contributed by atoms with Gasteiger partial charge in [-0.15, -0.1) is 0 Å². The van der Waals surface area contributed by atoms with E-state index in [1.807, 2.05) is 0 Å². The Balaban J connectivity index is 1.44. The lowest BCUT2D eigenvalue weighted by atomic mass is 9.79. The lowest BCUT2D eigenvalue weighted by molar-refractivity contribution is -0.121. The maximum Gasteiger partial charge on any atom is 0.253 e. The second kappa shape index (κ2) is 9.30. The third-order valence-corrected chi connectivity index (χ3v) is 6.24. The first-order valence-corrected chi connectivity index (χ1v) is 10.8. The number of amides is 1. The summed E-state index contributed by atoms with van der Waals surface area (Å²) in [4.78, 5) is 27.0. The molecule has 0 aliphatic heterocycles. The van der Waals surface area contributed by atoms with Gasteiger partial charge in [0.25, 0.3) is 5.91 Å². The van der Waals surface area contributed by atoms with Crippen LogP contribution in [0.25, 0.3) is 11.2 Å². The fourth-order valence-electron chi connectivity index (χ4n) is 4.29. The second-order valence-corrected chi connectivity index (χ2v) is 8.43. The summed E-state index contributed by atoms with van der Waals surface area (Å²) < 4.78 is 7.18. The summed E-state index contributed by atoms with van der Waals surface area (Å²) in [5.74, 6) is 0.658. The average Bonchev–Trinajstić information content (AvgIpc) is 3.22. The predicted octanol–water partition coefficient (Wildman–Crippen LogP) is 0.163. The third kappa shape index (κ3) is 4.61. The van der Waals surface area contributed by atoms with E-state index in [2.05, 4.69) is 15.0 Å². The number of fused-ring (bicyclic) bond motifs is 1. The van der Waals surface area contributed by atoms with Crippen molar-refractivity contribution in [2.75, 3.05) is 25.9 Å². The molecule has 0 radical (unpaired) electrons. The van der Waals surface area contributed by atoms with Crippen LogP contribution in [-0.4, -0.2) is 78.5 Å². The van der Waals surface area contributed by atoms with E-state index in [0.29, 0.717) is 48.5 Å². The number of nitrogens with two attached hydrogens (primary N) is 2. The van der Waals surface area contributed by atoms with Gasteiger partial charge >= 0.3 is 0 Å². The number of imidazole rings is 1. The number of rotatable bonds is 7. The molecule has 2 heterocycles. The van der Waals surface area contributed by atoms with Gasteiger partial charge in [-0.2, -0.15) is 0 Å². The summed E-state index contributed by atoms with van der Waals surface area (Å²) in [6.07, 6.45) is 2.90. The lowest BCUT2D eigenvalue weighted by Gasteiger charge is -2.43. The minimum Gasteiger partial charge on any atom is -0.492 e. The quantitative estimate of drug-likeness (QED) is 0.388. The third-order valence-electron chi connectivity index (χ3n) is 6.24. The molecular weight excluding hydrogens is 426 g/mol. The molecule has 0 unspecified atom stereocenters. The molecule has 0 saturated heterocycles. The van der Waals surface area contributed by atoms with Crippen LogP contribution < -0.4 is 16.2 Å². The van der Waals surface area contributed by atoms with Crippen LogP contribution in [0.3, 0.4) is 0 Å². The van der Waals surface area contributed by atoms with Gasteiger partial charge in [-0.1, -0.05) is 6.07 Å². The molecule has 11 heteroatoms. The average molecular weight is 456 g/mol. The SMILES string of the molecule is CN(C(=O)c1cccc(OCCN)c1)[C@H]1CC[C@@](O)(Cn2cnc3c(N)ncnc32)[C@H](O)C1. The fourth-order valence-corrected chi connectivity index (χ4v) is 4.29. The van der Waals surface area contributed by atoms with E-state index in [1.54, 1.807) is 40.8 Å². The summed E-state index contributed by atoms with van der Waals surface area (Å²) in [7, 11) is 1.71. The molecule has 0 spiro atoms.